The monoisotopic (exact) mass is 429 g/mol. The van der Waals surface area contributed by atoms with E-state index in [0.29, 0.717) is 27.8 Å². The van der Waals surface area contributed by atoms with Crippen LogP contribution in [-0.2, 0) is 4.79 Å². The lowest BCUT2D eigenvalue weighted by atomic mass is 10.1. The number of carbonyl (C=O) groups is 1. The third-order valence-electron chi connectivity index (χ3n) is 4.36. The van der Waals surface area contributed by atoms with Gasteiger partial charge in [0.05, 0.1) is 14.5 Å². The molecule has 3 atom stereocenters. The number of hydrogen-bond acceptors (Lipinski definition) is 1. The van der Waals surface area contributed by atoms with Gasteiger partial charge in [-0.3, -0.25) is 4.79 Å². The van der Waals surface area contributed by atoms with Gasteiger partial charge in [-0.2, -0.15) is 0 Å². The third-order valence-corrected chi connectivity index (χ3v) is 6.27. The summed E-state index contributed by atoms with van der Waals surface area (Å²) in [6.45, 7) is 6.18. The minimum atomic E-state index is -0.0559. The first-order valence-electron chi connectivity index (χ1n) is 8.09. The number of rotatable bonds is 6. The molecule has 24 heavy (non-hydrogen) atoms. The number of hydrogen-bond donors (Lipinski definition) is 1. The zero-order chi connectivity index (χ0) is 17.9. The number of nitrogens with one attached hydrogen (secondary N) is 1. The summed E-state index contributed by atoms with van der Waals surface area (Å²) in [6.07, 6.45) is 8.51. The highest BCUT2D eigenvalue weighted by Gasteiger charge is 2.36. The largest absolute Gasteiger partial charge is 0.350 e. The Labute approximate surface area is 162 Å². The summed E-state index contributed by atoms with van der Waals surface area (Å²) < 4.78 is 0.742. The average molecular weight is 431 g/mol. The molecule has 0 bridgehead atoms. The first kappa shape index (κ1) is 19.6. The lowest BCUT2D eigenvalue weighted by Crippen LogP contribution is -2.34. The Bertz CT molecular complexity index is 646. The average Bonchev–Trinajstić information content (AvgIpc) is 3.28. The van der Waals surface area contributed by atoms with Crippen molar-refractivity contribution in [1.82, 2.24) is 5.32 Å². The summed E-state index contributed by atoms with van der Waals surface area (Å²) in [5, 5.41) is 4.23. The zero-order valence-corrected chi connectivity index (χ0v) is 17.1. The minimum Gasteiger partial charge on any atom is -0.350 e. The molecular formula is C19H22BrCl2NO. The van der Waals surface area contributed by atoms with Gasteiger partial charge in [0.2, 0.25) is 5.91 Å². The maximum atomic E-state index is 11.7. The van der Waals surface area contributed by atoms with Gasteiger partial charge >= 0.3 is 0 Å². The van der Waals surface area contributed by atoms with Crippen molar-refractivity contribution in [2.24, 2.45) is 11.8 Å². The van der Waals surface area contributed by atoms with E-state index in [9.17, 15) is 4.79 Å². The fourth-order valence-electron chi connectivity index (χ4n) is 2.39. The van der Waals surface area contributed by atoms with Gasteiger partial charge in [-0.05, 0) is 64.7 Å². The fourth-order valence-corrected chi connectivity index (χ4v) is 3.12. The van der Waals surface area contributed by atoms with Gasteiger partial charge in [0.15, 0.2) is 0 Å². The summed E-state index contributed by atoms with van der Waals surface area (Å²) in [4.78, 5) is 11.7. The SMILES string of the molecule is CC(C)C(C)NC(=O)/C=C/C=C/C1CC1c1cc(Cl)c(Br)c(Cl)c1. The van der Waals surface area contributed by atoms with Gasteiger partial charge in [0.25, 0.3) is 0 Å². The first-order valence-corrected chi connectivity index (χ1v) is 9.64. The molecule has 1 aliphatic rings. The van der Waals surface area contributed by atoms with E-state index in [1.54, 1.807) is 12.2 Å². The highest BCUT2D eigenvalue weighted by atomic mass is 79.9. The van der Waals surface area contributed by atoms with Crippen LogP contribution < -0.4 is 5.32 Å². The Kier molecular flexibility index (Phi) is 6.97. The predicted molar refractivity (Wildman–Crippen MR) is 106 cm³/mol. The van der Waals surface area contributed by atoms with Crippen molar-refractivity contribution in [3.05, 3.63) is 56.5 Å². The standard InChI is InChI=1S/C19H22BrCl2NO/c1-11(2)12(3)23-18(24)7-5-4-6-13-8-15(13)14-9-16(21)19(20)17(22)10-14/h4-7,9-13,15H,8H2,1-3H3,(H,23,24)/b6-4+,7-5+. The van der Waals surface area contributed by atoms with Crippen LogP contribution in [0.3, 0.4) is 0 Å². The van der Waals surface area contributed by atoms with E-state index in [2.05, 4.69) is 41.2 Å². The van der Waals surface area contributed by atoms with E-state index in [1.807, 2.05) is 25.1 Å². The van der Waals surface area contributed by atoms with E-state index in [4.69, 9.17) is 23.2 Å². The number of halogens is 3. The van der Waals surface area contributed by atoms with E-state index < -0.39 is 0 Å². The van der Waals surface area contributed by atoms with Gasteiger partial charge in [-0.1, -0.05) is 55.3 Å². The van der Waals surface area contributed by atoms with E-state index in [0.717, 1.165) is 16.5 Å². The van der Waals surface area contributed by atoms with Gasteiger partial charge in [-0.15, -0.1) is 0 Å². The molecule has 5 heteroatoms. The summed E-state index contributed by atoms with van der Waals surface area (Å²) in [5.74, 6) is 1.29. The Morgan fingerprint density at radius 2 is 1.88 bits per heavy atom. The summed E-state index contributed by atoms with van der Waals surface area (Å²) in [7, 11) is 0. The Morgan fingerprint density at radius 1 is 1.25 bits per heavy atom. The molecule has 1 aromatic carbocycles. The molecule has 1 N–H and O–H groups in total. The van der Waals surface area contributed by atoms with Gasteiger partial charge in [-0.25, -0.2) is 0 Å². The fraction of sp³-hybridized carbons (Fsp3) is 0.421. The van der Waals surface area contributed by atoms with Crippen molar-refractivity contribution < 1.29 is 4.79 Å². The maximum Gasteiger partial charge on any atom is 0.244 e. The predicted octanol–water partition coefficient (Wildman–Crippen LogP) is 6.13. The summed E-state index contributed by atoms with van der Waals surface area (Å²) >= 11 is 15.7. The number of amides is 1. The van der Waals surface area contributed by atoms with Crippen molar-refractivity contribution in [1.29, 1.82) is 0 Å². The quantitative estimate of drug-likeness (QED) is 0.328. The highest BCUT2D eigenvalue weighted by Crippen LogP contribution is 2.50. The Balaban J connectivity index is 1.85. The molecule has 0 aromatic heterocycles. The lowest BCUT2D eigenvalue weighted by Gasteiger charge is -2.15. The second-order valence-corrected chi connectivity index (χ2v) is 8.20. The van der Waals surface area contributed by atoms with Crippen LogP contribution in [0.4, 0.5) is 0 Å². The summed E-state index contributed by atoms with van der Waals surface area (Å²) in [6, 6.07) is 4.10. The van der Waals surface area contributed by atoms with E-state index >= 15 is 0 Å². The molecule has 1 aromatic rings. The highest BCUT2D eigenvalue weighted by molar-refractivity contribution is 9.10. The van der Waals surface area contributed by atoms with Crippen LogP contribution in [-0.4, -0.2) is 11.9 Å². The van der Waals surface area contributed by atoms with Crippen molar-refractivity contribution in [2.75, 3.05) is 0 Å². The normalized spacial score (nSPS) is 21.6. The smallest absolute Gasteiger partial charge is 0.244 e. The van der Waals surface area contributed by atoms with Crippen LogP contribution in [0.2, 0.25) is 10.0 Å². The molecule has 130 valence electrons. The molecule has 1 fully saturated rings. The van der Waals surface area contributed by atoms with Crippen molar-refractivity contribution in [3.8, 4) is 0 Å². The van der Waals surface area contributed by atoms with Gasteiger partial charge in [0, 0.05) is 12.1 Å². The van der Waals surface area contributed by atoms with Crippen molar-refractivity contribution in [2.45, 2.75) is 39.2 Å². The molecule has 2 nitrogen and oxygen atoms in total. The van der Waals surface area contributed by atoms with E-state index in [1.165, 1.54) is 0 Å². The molecule has 0 saturated heterocycles. The molecule has 1 saturated carbocycles. The Morgan fingerprint density at radius 3 is 2.46 bits per heavy atom. The molecule has 2 rings (SSSR count). The molecule has 0 heterocycles. The number of carbonyl (C=O) groups excluding carboxylic acids is 1. The maximum absolute atomic E-state index is 11.7. The minimum absolute atomic E-state index is 0.0559. The number of benzene rings is 1. The van der Waals surface area contributed by atoms with E-state index in [-0.39, 0.29) is 11.9 Å². The molecule has 0 spiro atoms. The number of allylic oxidation sites excluding steroid dienone is 3. The van der Waals surface area contributed by atoms with Gasteiger partial charge in [0.1, 0.15) is 0 Å². The van der Waals surface area contributed by atoms with Crippen molar-refractivity contribution in [3.63, 3.8) is 0 Å². The van der Waals surface area contributed by atoms with Crippen LogP contribution in [0, 0.1) is 11.8 Å². The first-order chi connectivity index (χ1) is 11.3. The molecule has 3 unspecified atom stereocenters. The topological polar surface area (TPSA) is 29.1 Å². The third kappa shape index (κ3) is 5.37. The van der Waals surface area contributed by atoms with Gasteiger partial charge < -0.3 is 5.32 Å². The molecule has 0 radical (unpaired) electrons. The lowest BCUT2D eigenvalue weighted by molar-refractivity contribution is -0.117. The van der Waals surface area contributed by atoms with Crippen molar-refractivity contribution >= 4 is 45.0 Å². The van der Waals surface area contributed by atoms with Crippen LogP contribution >= 0.6 is 39.1 Å². The zero-order valence-electron chi connectivity index (χ0n) is 14.0. The van der Waals surface area contributed by atoms with Crippen LogP contribution in [0.5, 0.6) is 0 Å². The summed E-state index contributed by atoms with van der Waals surface area (Å²) in [5.41, 5.74) is 1.16. The second kappa shape index (κ2) is 8.55. The van der Waals surface area contributed by atoms with Crippen LogP contribution in [0.15, 0.2) is 40.9 Å². The van der Waals surface area contributed by atoms with Crippen LogP contribution in [0.1, 0.15) is 38.7 Å². The molecular weight excluding hydrogens is 409 g/mol. The Hall–Kier alpha value is -0.770. The molecule has 1 aliphatic carbocycles. The van der Waals surface area contributed by atoms with Crippen LogP contribution in [0.25, 0.3) is 0 Å². The molecule has 1 amide bonds. The second-order valence-electron chi connectivity index (χ2n) is 6.59. The molecule has 0 aliphatic heterocycles.